The van der Waals surface area contributed by atoms with Gasteiger partial charge >= 0.3 is 0 Å². The minimum absolute atomic E-state index is 0.0867. The number of methoxy groups -OCH3 is 2. The van der Waals surface area contributed by atoms with Gasteiger partial charge in [0.25, 0.3) is 0 Å². The Labute approximate surface area is 109 Å². The highest BCUT2D eigenvalue weighted by Gasteiger charge is 2.11. The molecule has 2 nitrogen and oxygen atoms in total. The number of hydrogen-bond donors (Lipinski definition) is 0. The molecule has 0 bridgehead atoms. The first-order chi connectivity index (χ1) is 7.08. The summed E-state index contributed by atoms with van der Waals surface area (Å²) in [5.41, 5.74) is 1.08. The number of ether oxygens (including phenoxy) is 2. The number of alkyl halides is 1. The summed E-state index contributed by atoms with van der Waals surface area (Å²) >= 11 is 8.20. The molecule has 0 aliphatic heterocycles. The predicted octanol–water partition coefficient (Wildman–Crippen LogP) is 3.48. The summed E-state index contributed by atoms with van der Waals surface area (Å²) < 4.78 is 11.6. The predicted molar refractivity (Wildman–Crippen MR) is 71.3 cm³/mol. The molecule has 0 aliphatic rings. The van der Waals surface area contributed by atoms with E-state index in [4.69, 9.17) is 21.1 Å². The summed E-state index contributed by atoms with van der Waals surface area (Å²) in [5.74, 6) is 1.73. The highest BCUT2D eigenvalue weighted by atomic mass is 127. The molecule has 1 aromatic rings. The van der Waals surface area contributed by atoms with Gasteiger partial charge in [0.05, 0.1) is 17.8 Å². The van der Waals surface area contributed by atoms with E-state index in [9.17, 15) is 0 Å². The number of halogens is 2. The second-order valence-corrected chi connectivity index (χ2v) is 5.19. The van der Waals surface area contributed by atoms with Crippen LogP contribution < -0.4 is 9.47 Å². The Bertz CT molecular complexity index is 340. The molecule has 0 fully saturated rings. The quantitative estimate of drug-likeness (QED) is 0.617. The van der Waals surface area contributed by atoms with Crippen LogP contribution in [0.5, 0.6) is 11.5 Å². The maximum atomic E-state index is 5.98. The van der Waals surface area contributed by atoms with Gasteiger partial charge < -0.3 is 9.47 Å². The number of benzene rings is 1. The Morgan fingerprint density at radius 1 is 1.27 bits per heavy atom. The van der Waals surface area contributed by atoms with Crippen LogP contribution in [-0.4, -0.2) is 19.6 Å². The minimum Gasteiger partial charge on any atom is -0.496 e. The topological polar surface area (TPSA) is 18.5 Å². The van der Waals surface area contributed by atoms with Crippen LogP contribution in [0.25, 0.3) is 0 Å². The van der Waals surface area contributed by atoms with E-state index in [1.54, 1.807) is 14.2 Å². The molecule has 0 radical (unpaired) electrons. The SMILES string of the molecule is COc1cc(CC(C)Cl)c(OC)cc1I. The van der Waals surface area contributed by atoms with Crippen molar-refractivity contribution in [1.29, 1.82) is 0 Å². The Morgan fingerprint density at radius 2 is 1.87 bits per heavy atom. The van der Waals surface area contributed by atoms with Gasteiger partial charge in [-0.05, 0) is 53.6 Å². The molecule has 0 amide bonds. The molecule has 84 valence electrons. The fourth-order valence-electron chi connectivity index (χ4n) is 1.39. The third-order valence-electron chi connectivity index (χ3n) is 2.06. The smallest absolute Gasteiger partial charge is 0.132 e. The Hall–Kier alpha value is -0.160. The van der Waals surface area contributed by atoms with Crippen molar-refractivity contribution in [3.8, 4) is 11.5 Å². The van der Waals surface area contributed by atoms with Crippen molar-refractivity contribution < 1.29 is 9.47 Å². The Morgan fingerprint density at radius 3 is 2.33 bits per heavy atom. The third-order valence-corrected chi connectivity index (χ3v) is 3.05. The lowest BCUT2D eigenvalue weighted by Gasteiger charge is -2.13. The maximum Gasteiger partial charge on any atom is 0.132 e. The van der Waals surface area contributed by atoms with Gasteiger partial charge in [0.1, 0.15) is 11.5 Å². The van der Waals surface area contributed by atoms with E-state index >= 15 is 0 Å². The first kappa shape index (κ1) is 12.9. The molecular weight excluding hydrogens is 326 g/mol. The summed E-state index contributed by atoms with van der Waals surface area (Å²) in [4.78, 5) is 0. The van der Waals surface area contributed by atoms with Crippen molar-refractivity contribution in [3.63, 3.8) is 0 Å². The lowest BCUT2D eigenvalue weighted by molar-refractivity contribution is 0.396. The zero-order valence-electron chi connectivity index (χ0n) is 9.01. The van der Waals surface area contributed by atoms with Crippen molar-refractivity contribution in [2.24, 2.45) is 0 Å². The standard InChI is InChI=1S/C11H14ClIO2/c1-7(12)4-8-5-11(15-3)9(13)6-10(8)14-2/h5-7H,4H2,1-3H3. The average molecular weight is 341 g/mol. The van der Waals surface area contributed by atoms with Crippen LogP contribution in [0.4, 0.5) is 0 Å². The summed E-state index contributed by atoms with van der Waals surface area (Å²) in [6, 6.07) is 3.95. The van der Waals surface area contributed by atoms with Crippen LogP contribution in [0.1, 0.15) is 12.5 Å². The number of hydrogen-bond acceptors (Lipinski definition) is 2. The van der Waals surface area contributed by atoms with E-state index in [1.807, 2.05) is 19.1 Å². The van der Waals surface area contributed by atoms with Crippen molar-refractivity contribution in [2.45, 2.75) is 18.7 Å². The molecule has 0 saturated heterocycles. The zero-order valence-corrected chi connectivity index (χ0v) is 11.9. The Balaban J connectivity index is 3.10. The first-order valence-electron chi connectivity index (χ1n) is 4.63. The second kappa shape index (κ2) is 5.80. The van der Waals surface area contributed by atoms with Crippen LogP contribution in [0.3, 0.4) is 0 Å². The van der Waals surface area contributed by atoms with E-state index in [2.05, 4.69) is 22.6 Å². The van der Waals surface area contributed by atoms with Crippen LogP contribution in [0, 0.1) is 3.57 Å². The Kier molecular flexibility index (Phi) is 4.99. The molecule has 1 unspecified atom stereocenters. The first-order valence-corrected chi connectivity index (χ1v) is 6.14. The molecule has 0 spiro atoms. The molecule has 4 heteroatoms. The van der Waals surface area contributed by atoms with Gasteiger partial charge in [0, 0.05) is 5.38 Å². The van der Waals surface area contributed by atoms with Crippen LogP contribution in [0.15, 0.2) is 12.1 Å². The van der Waals surface area contributed by atoms with Gasteiger partial charge in [-0.3, -0.25) is 0 Å². The number of rotatable bonds is 4. The van der Waals surface area contributed by atoms with E-state index in [0.29, 0.717) is 0 Å². The van der Waals surface area contributed by atoms with Crippen molar-refractivity contribution >= 4 is 34.2 Å². The monoisotopic (exact) mass is 340 g/mol. The molecule has 0 aromatic heterocycles. The fraction of sp³-hybridized carbons (Fsp3) is 0.455. The molecule has 1 rings (SSSR count). The van der Waals surface area contributed by atoms with Gasteiger partial charge in [-0.1, -0.05) is 0 Å². The van der Waals surface area contributed by atoms with Crippen molar-refractivity contribution in [3.05, 3.63) is 21.3 Å². The maximum absolute atomic E-state index is 5.98. The summed E-state index contributed by atoms with van der Waals surface area (Å²) in [6.45, 7) is 1.96. The van der Waals surface area contributed by atoms with Gasteiger partial charge in [-0.2, -0.15) is 0 Å². The normalized spacial score (nSPS) is 12.3. The summed E-state index contributed by atoms with van der Waals surface area (Å²) in [5, 5.41) is 0.0867. The van der Waals surface area contributed by atoms with Crippen LogP contribution in [-0.2, 0) is 6.42 Å². The minimum atomic E-state index is 0.0867. The molecule has 0 aliphatic carbocycles. The second-order valence-electron chi connectivity index (χ2n) is 3.28. The molecular formula is C11H14ClIO2. The summed E-state index contributed by atoms with van der Waals surface area (Å²) in [6.07, 6.45) is 0.776. The molecule has 0 saturated carbocycles. The largest absolute Gasteiger partial charge is 0.496 e. The lowest BCUT2D eigenvalue weighted by Crippen LogP contribution is -2.01. The van der Waals surface area contributed by atoms with E-state index in [-0.39, 0.29) is 5.38 Å². The van der Waals surface area contributed by atoms with Gasteiger partial charge in [-0.15, -0.1) is 11.6 Å². The van der Waals surface area contributed by atoms with Crippen molar-refractivity contribution in [1.82, 2.24) is 0 Å². The van der Waals surface area contributed by atoms with Crippen molar-refractivity contribution in [2.75, 3.05) is 14.2 Å². The van der Waals surface area contributed by atoms with Gasteiger partial charge in [0.2, 0.25) is 0 Å². The van der Waals surface area contributed by atoms with Crippen LogP contribution >= 0.6 is 34.2 Å². The summed E-state index contributed by atoms with van der Waals surface area (Å²) in [7, 11) is 3.33. The molecule has 15 heavy (non-hydrogen) atoms. The molecule has 1 aromatic carbocycles. The van der Waals surface area contributed by atoms with E-state index in [0.717, 1.165) is 27.1 Å². The van der Waals surface area contributed by atoms with E-state index < -0.39 is 0 Å². The highest BCUT2D eigenvalue weighted by molar-refractivity contribution is 14.1. The average Bonchev–Trinajstić information content (AvgIpc) is 2.19. The third kappa shape index (κ3) is 3.41. The van der Waals surface area contributed by atoms with E-state index in [1.165, 1.54) is 0 Å². The molecule has 1 atom stereocenters. The van der Waals surface area contributed by atoms with Crippen LogP contribution in [0.2, 0.25) is 0 Å². The zero-order chi connectivity index (χ0) is 11.4. The fourth-order valence-corrected chi connectivity index (χ4v) is 2.21. The van der Waals surface area contributed by atoms with Gasteiger partial charge in [-0.25, -0.2) is 0 Å². The molecule has 0 heterocycles. The highest BCUT2D eigenvalue weighted by Crippen LogP contribution is 2.31. The van der Waals surface area contributed by atoms with Gasteiger partial charge in [0.15, 0.2) is 0 Å². The molecule has 0 N–H and O–H groups in total. The lowest BCUT2D eigenvalue weighted by atomic mass is 10.1.